The maximum atomic E-state index is 13.3. The van der Waals surface area contributed by atoms with Gasteiger partial charge in [0, 0.05) is 31.9 Å². The van der Waals surface area contributed by atoms with Crippen LogP contribution in [0.1, 0.15) is 37.8 Å². The molecule has 2 amide bonds. The van der Waals surface area contributed by atoms with E-state index in [-0.39, 0.29) is 63.2 Å². The van der Waals surface area contributed by atoms with Gasteiger partial charge in [0.2, 0.25) is 5.91 Å². The van der Waals surface area contributed by atoms with Crippen molar-refractivity contribution in [3.8, 4) is 0 Å². The second kappa shape index (κ2) is 12.1. The number of ether oxygens (including phenoxy) is 1. The molecule has 42 heavy (non-hydrogen) atoms. The topological polar surface area (TPSA) is 124 Å². The van der Waals surface area contributed by atoms with Gasteiger partial charge in [0.05, 0.1) is 49.3 Å². The van der Waals surface area contributed by atoms with Gasteiger partial charge in [-0.15, -0.1) is 0 Å². The van der Waals surface area contributed by atoms with Gasteiger partial charge in [-0.2, -0.15) is 31.4 Å². The van der Waals surface area contributed by atoms with Gasteiger partial charge < -0.3 is 24.8 Å². The zero-order chi connectivity index (χ0) is 30.8. The van der Waals surface area contributed by atoms with E-state index in [9.17, 15) is 40.7 Å². The van der Waals surface area contributed by atoms with Crippen molar-refractivity contribution in [2.24, 2.45) is 0 Å². The number of aromatic nitrogens is 3. The lowest BCUT2D eigenvalue weighted by atomic mass is 10.0. The summed E-state index contributed by atoms with van der Waals surface area (Å²) in [7, 11) is 0. The van der Waals surface area contributed by atoms with Gasteiger partial charge in [0.1, 0.15) is 11.6 Å². The standard InChI is InChI=1S/C25H29F6N7O4/c1-3-5-38-17-9-15(24(26,27)28)10-32-21(17)37-7-6-36(12-18(37)23(38)41)19(39)4-8-42-13-14(2)34-16-11-33-35-22(40)20(16)25(29,30)31/h9-11,14,18H,3-8,12-13H2,1-2H3,(H2,34,35,40). The van der Waals surface area contributed by atoms with E-state index in [1.54, 1.807) is 16.9 Å². The van der Waals surface area contributed by atoms with E-state index < -0.39 is 52.7 Å². The van der Waals surface area contributed by atoms with E-state index in [1.165, 1.54) is 16.7 Å². The smallest absolute Gasteiger partial charge is 0.379 e. The highest BCUT2D eigenvalue weighted by Crippen LogP contribution is 2.40. The van der Waals surface area contributed by atoms with Crippen LogP contribution in [0.3, 0.4) is 0 Å². The number of alkyl halides is 6. The molecule has 0 saturated carbocycles. The molecule has 2 aliphatic heterocycles. The van der Waals surface area contributed by atoms with E-state index in [0.717, 1.165) is 18.5 Å². The predicted octanol–water partition coefficient (Wildman–Crippen LogP) is 2.88. The third-order valence-corrected chi connectivity index (χ3v) is 6.84. The Morgan fingerprint density at radius 2 is 1.90 bits per heavy atom. The van der Waals surface area contributed by atoms with Crippen molar-refractivity contribution in [1.29, 1.82) is 0 Å². The van der Waals surface area contributed by atoms with E-state index in [2.05, 4.69) is 15.4 Å². The maximum absolute atomic E-state index is 13.3. The van der Waals surface area contributed by atoms with Crippen molar-refractivity contribution in [2.45, 2.75) is 51.1 Å². The average molecular weight is 606 g/mol. The fourth-order valence-corrected chi connectivity index (χ4v) is 4.92. The van der Waals surface area contributed by atoms with Crippen LogP contribution >= 0.6 is 0 Å². The maximum Gasteiger partial charge on any atom is 0.423 e. The van der Waals surface area contributed by atoms with Crippen LogP contribution in [-0.2, 0) is 26.7 Å². The molecule has 0 bridgehead atoms. The Balaban J connectivity index is 1.34. The molecule has 1 saturated heterocycles. The number of carbonyl (C=O) groups is 2. The molecule has 1 fully saturated rings. The van der Waals surface area contributed by atoms with Crippen molar-refractivity contribution in [2.75, 3.05) is 54.5 Å². The number of anilines is 3. The van der Waals surface area contributed by atoms with Gasteiger partial charge in [-0.25, -0.2) is 10.1 Å². The molecule has 2 aromatic heterocycles. The summed E-state index contributed by atoms with van der Waals surface area (Å²) in [6.07, 6.45) is -7.51. The number of hydrogen-bond donors (Lipinski definition) is 2. The third kappa shape index (κ3) is 6.60. The predicted molar refractivity (Wildman–Crippen MR) is 138 cm³/mol. The fraction of sp³-hybridized carbons (Fsp3) is 0.560. The number of nitrogens with zero attached hydrogens (tertiary/aromatic N) is 5. The van der Waals surface area contributed by atoms with Crippen LogP contribution < -0.4 is 20.7 Å². The van der Waals surface area contributed by atoms with Crippen LogP contribution in [0.5, 0.6) is 0 Å². The number of amides is 2. The minimum Gasteiger partial charge on any atom is -0.379 e. The quantitative estimate of drug-likeness (QED) is 0.331. The van der Waals surface area contributed by atoms with Gasteiger partial charge in [-0.05, 0) is 19.4 Å². The Hall–Kier alpha value is -3.89. The number of aromatic amines is 1. The summed E-state index contributed by atoms with van der Waals surface area (Å²) in [6, 6.07) is -0.558. The Labute approximate surface area is 235 Å². The molecule has 2 N–H and O–H groups in total. The highest BCUT2D eigenvalue weighted by molar-refractivity contribution is 6.05. The van der Waals surface area contributed by atoms with Crippen LogP contribution in [0.25, 0.3) is 0 Å². The number of nitrogens with one attached hydrogen (secondary N) is 2. The summed E-state index contributed by atoms with van der Waals surface area (Å²) in [5.74, 6) is -0.497. The molecule has 230 valence electrons. The Bertz CT molecular complexity index is 1370. The molecule has 0 aromatic carbocycles. The summed E-state index contributed by atoms with van der Waals surface area (Å²) < 4.78 is 85.1. The Morgan fingerprint density at radius 3 is 2.57 bits per heavy atom. The molecular formula is C25H29F6N7O4. The van der Waals surface area contributed by atoms with Gasteiger partial charge in [-0.1, -0.05) is 6.92 Å². The number of piperazine rings is 1. The molecule has 0 spiro atoms. The summed E-state index contributed by atoms with van der Waals surface area (Å²) in [4.78, 5) is 46.2. The molecule has 0 radical (unpaired) electrons. The summed E-state index contributed by atoms with van der Waals surface area (Å²) in [6.45, 7) is 3.75. The molecule has 2 aliphatic rings. The van der Waals surface area contributed by atoms with Gasteiger partial charge in [0.25, 0.3) is 11.5 Å². The Kier molecular flexibility index (Phi) is 8.98. The molecule has 2 atom stereocenters. The van der Waals surface area contributed by atoms with Crippen molar-refractivity contribution in [3.63, 3.8) is 0 Å². The lowest BCUT2D eigenvalue weighted by Crippen LogP contribution is -2.64. The van der Waals surface area contributed by atoms with Crippen molar-refractivity contribution in [1.82, 2.24) is 20.1 Å². The molecule has 4 rings (SSSR count). The monoisotopic (exact) mass is 605 g/mol. The van der Waals surface area contributed by atoms with E-state index in [0.29, 0.717) is 6.42 Å². The average Bonchev–Trinajstić information content (AvgIpc) is 2.91. The molecule has 2 unspecified atom stereocenters. The largest absolute Gasteiger partial charge is 0.423 e. The first-order valence-electron chi connectivity index (χ1n) is 13.1. The summed E-state index contributed by atoms with van der Waals surface area (Å²) in [5, 5.41) is 7.68. The molecule has 0 aliphatic carbocycles. The SMILES string of the molecule is CCCN1C(=O)C2CN(C(=O)CCOCC(C)Nc3cn[nH]c(=O)c3C(F)(F)F)CCN2c2ncc(C(F)(F)F)cc21. The zero-order valence-electron chi connectivity index (χ0n) is 22.7. The van der Waals surface area contributed by atoms with Gasteiger partial charge in [0.15, 0.2) is 5.82 Å². The molecular weight excluding hydrogens is 576 g/mol. The first-order valence-corrected chi connectivity index (χ1v) is 13.1. The second-order valence-corrected chi connectivity index (χ2v) is 9.96. The second-order valence-electron chi connectivity index (χ2n) is 9.96. The molecule has 2 aromatic rings. The van der Waals surface area contributed by atoms with Crippen molar-refractivity contribution in [3.05, 3.63) is 39.9 Å². The fourth-order valence-electron chi connectivity index (χ4n) is 4.92. The number of H-pyrrole nitrogens is 1. The normalized spacial score (nSPS) is 18.0. The lowest BCUT2D eigenvalue weighted by Gasteiger charge is -2.47. The number of halogens is 6. The number of carbonyl (C=O) groups excluding carboxylic acids is 2. The van der Waals surface area contributed by atoms with Crippen LogP contribution in [0.2, 0.25) is 0 Å². The van der Waals surface area contributed by atoms with Gasteiger partial charge in [-0.3, -0.25) is 14.4 Å². The van der Waals surface area contributed by atoms with Crippen LogP contribution in [-0.4, -0.2) is 83.4 Å². The summed E-state index contributed by atoms with van der Waals surface area (Å²) >= 11 is 0. The first kappa shape index (κ1) is 31.1. The van der Waals surface area contributed by atoms with Crippen LogP contribution in [0, 0.1) is 0 Å². The van der Waals surface area contributed by atoms with Crippen molar-refractivity contribution >= 4 is 29.0 Å². The van der Waals surface area contributed by atoms with Gasteiger partial charge >= 0.3 is 12.4 Å². The zero-order valence-corrected chi connectivity index (χ0v) is 22.7. The molecule has 4 heterocycles. The lowest BCUT2D eigenvalue weighted by molar-refractivity contribution is -0.138. The van der Waals surface area contributed by atoms with Crippen LogP contribution in [0.4, 0.5) is 43.5 Å². The van der Waals surface area contributed by atoms with E-state index in [1.807, 2.05) is 0 Å². The minimum absolute atomic E-state index is 0.00769. The first-order chi connectivity index (χ1) is 19.7. The molecule has 17 heteroatoms. The highest BCUT2D eigenvalue weighted by atomic mass is 19.4. The van der Waals surface area contributed by atoms with Crippen molar-refractivity contribution < 1.29 is 40.7 Å². The molecule has 11 nitrogen and oxygen atoms in total. The summed E-state index contributed by atoms with van der Waals surface area (Å²) in [5.41, 5.74) is -4.17. The minimum atomic E-state index is -4.90. The van der Waals surface area contributed by atoms with Crippen LogP contribution in [0.15, 0.2) is 23.3 Å². The highest BCUT2D eigenvalue weighted by Gasteiger charge is 2.44. The Morgan fingerprint density at radius 1 is 1.17 bits per heavy atom. The number of rotatable bonds is 9. The number of pyridine rings is 1. The van der Waals surface area contributed by atoms with E-state index >= 15 is 0 Å². The number of fused-ring (bicyclic) bond motifs is 3. The third-order valence-electron chi connectivity index (χ3n) is 6.84. The van der Waals surface area contributed by atoms with E-state index in [4.69, 9.17) is 4.74 Å². The number of hydrogen-bond acceptors (Lipinski definition) is 8.